The Bertz CT molecular complexity index is 1260. The van der Waals surface area contributed by atoms with E-state index in [0.717, 1.165) is 75.7 Å². The summed E-state index contributed by atoms with van der Waals surface area (Å²) in [7, 11) is 0. The largest absolute Gasteiger partial charge is 0.370 e. The van der Waals surface area contributed by atoms with Gasteiger partial charge in [0.2, 0.25) is 0 Å². The maximum atomic E-state index is 9.26. The number of hydrogen-bond acceptors (Lipinski definition) is 4. The van der Waals surface area contributed by atoms with Crippen LogP contribution in [0.3, 0.4) is 0 Å². The second kappa shape index (κ2) is 20.5. The first-order valence-electron chi connectivity index (χ1n) is 19.4. The number of nitrogens with two attached hydrogens (primary N) is 1. The van der Waals surface area contributed by atoms with E-state index in [4.69, 9.17) is 5.73 Å². The van der Waals surface area contributed by atoms with Crippen molar-refractivity contribution in [1.82, 2.24) is 14.7 Å². The van der Waals surface area contributed by atoms with Crippen LogP contribution in [-0.2, 0) is 6.42 Å². The Kier molecular flexibility index (Phi) is 16.5. The fraction of sp³-hybridized carbons (Fsp3) is 0.659. The molecule has 0 radical (unpaired) electrons. The number of benzene rings is 2. The predicted octanol–water partition coefficient (Wildman–Crippen LogP) is 8.93. The lowest BCUT2D eigenvalue weighted by atomic mass is 9.84. The number of guanidine groups is 2. The highest BCUT2D eigenvalue weighted by Crippen LogP contribution is 2.32. The Morgan fingerprint density at radius 3 is 2.00 bits per heavy atom. The van der Waals surface area contributed by atoms with E-state index < -0.39 is 0 Å². The molecule has 272 valence electrons. The van der Waals surface area contributed by atoms with Gasteiger partial charge < -0.3 is 20.4 Å². The number of unbranched alkanes of at least 4 members (excludes halogenated alkanes) is 2. The van der Waals surface area contributed by atoms with E-state index in [1.165, 1.54) is 113 Å². The van der Waals surface area contributed by atoms with Crippen LogP contribution in [0.25, 0.3) is 11.1 Å². The van der Waals surface area contributed by atoms with Crippen molar-refractivity contribution >= 4 is 38.9 Å². The lowest BCUT2D eigenvalue weighted by Gasteiger charge is -2.30. The third-order valence-corrected chi connectivity index (χ3v) is 11.9. The molecule has 2 aromatic carbocycles. The molecule has 0 spiro atoms. The molecule has 0 amide bonds. The first kappa shape index (κ1) is 39.5. The van der Waals surface area contributed by atoms with Gasteiger partial charge in [-0.15, -0.1) is 0 Å². The second-order valence-electron chi connectivity index (χ2n) is 15.2. The molecule has 2 aliphatic heterocycles. The standard InChI is InChI=1S/C41H62N6.2H2S/c42-40-44-31-38(46(40)28-13-10-16-33-14-4-1-5-15-33)21-11-12-27-45-32-39(30-35-17-6-2-7-18-35)47(41(45)43)29-26-34-22-24-37(25-23-34)36-19-8-3-9-20-36;;/h3,8-9,19-20,22-25,33,35,38-39,43H,1-2,4-7,10-18,21,26-32H2,(H2,42,44);2*1H2/t38-,39-;;/m0../s1. The molecule has 0 bridgehead atoms. The second-order valence-corrected chi connectivity index (χ2v) is 15.2. The molecule has 2 aliphatic carbocycles. The van der Waals surface area contributed by atoms with Gasteiger partial charge in [-0.3, -0.25) is 10.4 Å². The summed E-state index contributed by atoms with van der Waals surface area (Å²) in [6.45, 7) is 4.88. The summed E-state index contributed by atoms with van der Waals surface area (Å²) < 4.78 is 0. The monoisotopic (exact) mass is 706 g/mol. The van der Waals surface area contributed by atoms with Crippen LogP contribution in [0.15, 0.2) is 59.6 Å². The zero-order valence-electron chi connectivity index (χ0n) is 30.1. The van der Waals surface area contributed by atoms with Crippen molar-refractivity contribution in [3.63, 3.8) is 0 Å². The minimum atomic E-state index is 0. The van der Waals surface area contributed by atoms with E-state index in [1.54, 1.807) is 0 Å². The van der Waals surface area contributed by atoms with Crippen LogP contribution >= 0.6 is 27.0 Å². The summed E-state index contributed by atoms with van der Waals surface area (Å²) in [5, 5.41) is 9.26. The molecule has 6 rings (SSSR count). The summed E-state index contributed by atoms with van der Waals surface area (Å²) in [6.07, 6.45) is 23.9. The molecule has 4 aliphatic rings. The van der Waals surface area contributed by atoms with Crippen LogP contribution in [0, 0.1) is 17.2 Å². The fourth-order valence-corrected chi connectivity index (χ4v) is 9.03. The van der Waals surface area contributed by atoms with Gasteiger partial charge in [0.15, 0.2) is 11.9 Å². The molecule has 2 saturated carbocycles. The van der Waals surface area contributed by atoms with E-state index in [9.17, 15) is 5.41 Å². The molecule has 0 aromatic heterocycles. The molecule has 0 unspecified atom stereocenters. The fourth-order valence-electron chi connectivity index (χ4n) is 9.03. The smallest absolute Gasteiger partial charge is 0.194 e. The molecule has 2 heterocycles. The minimum absolute atomic E-state index is 0. The number of aliphatic imine (C=N–C) groups is 1. The first-order chi connectivity index (χ1) is 23.1. The summed E-state index contributed by atoms with van der Waals surface area (Å²) in [4.78, 5) is 11.9. The Morgan fingerprint density at radius 2 is 1.29 bits per heavy atom. The molecular formula is C41H66N6S2. The summed E-state index contributed by atoms with van der Waals surface area (Å²) in [6, 6.07) is 20.7. The van der Waals surface area contributed by atoms with Gasteiger partial charge in [0.05, 0.1) is 12.6 Å². The number of hydrogen-bond donors (Lipinski definition) is 2. The highest BCUT2D eigenvalue weighted by molar-refractivity contribution is 7.59. The van der Waals surface area contributed by atoms with E-state index >= 15 is 0 Å². The third kappa shape index (κ3) is 11.3. The maximum Gasteiger partial charge on any atom is 0.194 e. The first-order valence-corrected chi connectivity index (χ1v) is 19.4. The van der Waals surface area contributed by atoms with Crippen molar-refractivity contribution in [1.29, 1.82) is 5.41 Å². The lowest BCUT2D eigenvalue weighted by Crippen LogP contribution is -2.41. The van der Waals surface area contributed by atoms with Crippen LogP contribution in [0.2, 0.25) is 0 Å². The molecule has 2 aromatic rings. The van der Waals surface area contributed by atoms with Crippen molar-refractivity contribution in [2.24, 2.45) is 22.6 Å². The molecule has 49 heavy (non-hydrogen) atoms. The maximum absolute atomic E-state index is 9.26. The van der Waals surface area contributed by atoms with Crippen LogP contribution in [0.4, 0.5) is 0 Å². The van der Waals surface area contributed by atoms with Gasteiger partial charge in [0, 0.05) is 32.2 Å². The van der Waals surface area contributed by atoms with Crippen LogP contribution < -0.4 is 5.73 Å². The average molecular weight is 707 g/mol. The van der Waals surface area contributed by atoms with Crippen LogP contribution in [0.5, 0.6) is 0 Å². The topological polar surface area (TPSA) is 71.9 Å². The van der Waals surface area contributed by atoms with Crippen molar-refractivity contribution in [2.45, 2.75) is 128 Å². The number of nitrogens with one attached hydrogen (secondary N) is 1. The highest BCUT2D eigenvalue weighted by Gasteiger charge is 2.35. The summed E-state index contributed by atoms with van der Waals surface area (Å²) in [5.74, 6) is 3.33. The van der Waals surface area contributed by atoms with Crippen LogP contribution in [-0.4, -0.2) is 71.4 Å². The van der Waals surface area contributed by atoms with E-state index in [2.05, 4.69) is 74.3 Å². The van der Waals surface area contributed by atoms with Gasteiger partial charge >= 0.3 is 0 Å². The van der Waals surface area contributed by atoms with Crippen molar-refractivity contribution < 1.29 is 0 Å². The van der Waals surface area contributed by atoms with Gasteiger partial charge in [-0.25, -0.2) is 0 Å². The zero-order chi connectivity index (χ0) is 32.3. The van der Waals surface area contributed by atoms with Crippen molar-refractivity contribution in [3.8, 4) is 11.1 Å². The lowest BCUT2D eigenvalue weighted by molar-refractivity contribution is 0.244. The molecular weight excluding hydrogens is 641 g/mol. The van der Waals surface area contributed by atoms with E-state index in [-0.39, 0.29) is 27.0 Å². The summed E-state index contributed by atoms with van der Waals surface area (Å²) >= 11 is 0. The van der Waals surface area contributed by atoms with Gasteiger partial charge in [-0.2, -0.15) is 27.0 Å². The van der Waals surface area contributed by atoms with Crippen molar-refractivity contribution in [2.75, 3.05) is 32.7 Å². The Morgan fingerprint density at radius 1 is 0.653 bits per heavy atom. The summed E-state index contributed by atoms with van der Waals surface area (Å²) in [5.41, 5.74) is 10.3. The Balaban J connectivity index is 0.00000270. The molecule has 3 N–H and O–H groups in total. The van der Waals surface area contributed by atoms with E-state index in [1.807, 2.05) is 0 Å². The molecule has 2 atom stereocenters. The zero-order valence-corrected chi connectivity index (χ0v) is 32.1. The minimum Gasteiger partial charge on any atom is -0.370 e. The Hall–Kier alpha value is -2.32. The number of nitrogens with zero attached hydrogens (tertiary/aromatic N) is 4. The Labute approximate surface area is 312 Å². The van der Waals surface area contributed by atoms with Gasteiger partial charge in [-0.05, 0) is 67.1 Å². The van der Waals surface area contributed by atoms with Gasteiger partial charge in [0.1, 0.15) is 0 Å². The molecule has 6 nitrogen and oxygen atoms in total. The third-order valence-electron chi connectivity index (χ3n) is 11.9. The number of rotatable bonds is 16. The highest BCUT2D eigenvalue weighted by atomic mass is 32.1. The van der Waals surface area contributed by atoms with E-state index in [0.29, 0.717) is 12.1 Å². The van der Waals surface area contributed by atoms with Crippen LogP contribution in [0.1, 0.15) is 115 Å². The average Bonchev–Trinajstić information content (AvgIpc) is 3.62. The predicted molar refractivity (Wildman–Crippen MR) is 219 cm³/mol. The molecule has 8 heteroatoms. The SMILES string of the molecule is N=C1N(CCCC[C@H]2CN=C(N)N2CCCCC2CCCCC2)C[C@H](CC2CCCCC2)N1CCc1ccc(-c2ccccc2)cc1.S.S. The van der Waals surface area contributed by atoms with Gasteiger partial charge in [0.25, 0.3) is 0 Å². The normalized spacial score (nSPS) is 21.8. The van der Waals surface area contributed by atoms with Gasteiger partial charge in [-0.1, -0.05) is 132 Å². The van der Waals surface area contributed by atoms with Crippen molar-refractivity contribution in [3.05, 3.63) is 60.2 Å². The molecule has 3 fully saturated rings. The quantitative estimate of drug-likeness (QED) is 0.171. The molecule has 1 saturated heterocycles.